The van der Waals surface area contributed by atoms with Crippen LogP contribution in [0.1, 0.15) is 18.7 Å². The van der Waals surface area contributed by atoms with Crippen LogP contribution in [0.4, 0.5) is 5.69 Å². The topological polar surface area (TPSA) is 66.6 Å². The van der Waals surface area contributed by atoms with Gasteiger partial charge in [-0.15, -0.1) is 0 Å². The molecule has 1 aromatic carbocycles. The summed E-state index contributed by atoms with van der Waals surface area (Å²) in [5, 5.41) is 8.60. The van der Waals surface area contributed by atoms with Crippen LogP contribution >= 0.6 is 0 Å². The van der Waals surface area contributed by atoms with E-state index in [0.717, 1.165) is 16.8 Å². The third kappa shape index (κ3) is 2.80. The number of anilines is 1. The van der Waals surface area contributed by atoms with Crippen LogP contribution in [0.5, 0.6) is 0 Å². The normalized spacial score (nSPS) is 10.8. The number of rotatable bonds is 5. The number of fused-ring (bicyclic) bond motifs is 1. The molecule has 5 nitrogen and oxygen atoms in total. The van der Waals surface area contributed by atoms with Crippen molar-refractivity contribution in [3.05, 3.63) is 24.1 Å². The van der Waals surface area contributed by atoms with Gasteiger partial charge in [-0.3, -0.25) is 4.79 Å². The molecule has 0 aliphatic rings. The molecule has 0 radical (unpaired) electrons. The first-order chi connectivity index (χ1) is 8.56. The molecule has 0 saturated heterocycles. The van der Waals surface area contributed by atoms with E-state index in [1.54, 1.807) is 0 Å². The van der Waals surface area contributed by atoms with Crippen molar-refractivity contribution >= 4 is 22.8 Å². The molecule has 0 atom stereocenters. The van der Waals surface area contributed by atoms with Gasteiger partial charge in [0, 0.05) is 32.6 Å². The summed E-state index contributed by atoms with van der Waals surface area (Å²) in [5.74, 6) is -0.110. The molecule has 2 rings (SSSR count). The van der Waals surface area contributed by atoms with Gasteiger partial charge in [0.25, 0.3) is 0 Å². The van der Waals surface area contributed by atoms with Crippen LogP contribution < -0.4 is 4.90 Å². The Morgan fingerprint density at radius 2 is 2.28 bits per heavy atom. The second kappa shape index (κ2) is 5.08. The maximum atomic E-state index is 10.5. The molecule has 0 amide bonds. The lowest BCUT2D eigenvalue weighted by molar-refractivity contribution is -0.137. The van der Waals surface area contributed by atoms with Gasteiger partial charge in [-0.25, -0.2) is 4.98 Å². The lowest BCUT2D eigenvalue weighted by Crippen LogP contribution is -2.19. The summed E-state index contributed by atoms with van der Waals surface area (Å²) in [6.07, 6.45) is 0.817. The smallest absolute Gasteiger partial charge is 0.303 e. The number of aliphatic carboxylic acids is 1. The van der Waals surface area contributed by atoms with Gasteiger partial charge in [0.1, 0.15) is 5.52 Å². The van der Waals surface area contributed by atoms with E-state index < -0.39 is 5.97 Å². The van der Waals surface area contributed by atoms with Crippen molar-refractivity contribution in [3.63, 3.8) is 0 Å². The van der Waals surface area contributed by atoms with E-state index in [4.69, 9.17) is 9.52 Å². The van der Waals surface area contributed by atoms with Gasteiger partial charge in [-0.2, -0.15) is 0 Å². The van der Waals surface area contributed by atoms with Crippen molar-refractivity contribution in [2.45, 2.75) is 19.8 Å². The van der Waals surface area contributed by atoms with E-state index in [9.17, 15) is 4.79 Å². The van der Waals surface area contributed by atoms with Crippen LogP contribution in [0.2, 0.25) is 0 Å². The van der Waals surface area contributed by atoms with E-state index in [-0.39, 0.29) is 6.42 Å². The maximum absolute atomic E-state index is 10.5. The summed E-state index contributed by atoms with van der Waals surface area (Å²) in [4.78, 5) is 16.8. The molecule has 0 fully saturated rings. The molecule has 1 N–H and O–H groups in total. The molecular formula is C13H16N2O3. The largest absolute Gasteiger partial charge is 0.481 e. The molecule has 5 heteroatoms. The minimum atomic E-state index is -0.758. The number of aryl methyl sites for hydroxylation is 1. The van der Waals surface area contributed by atoms with E-state index >= 15 is 0 Å². The first kappa shape index (κ1) is 12.4. The average molecular weight is 248 g/mol. The molecule has 0 saturated carbocycles. The Hall–Kier alpha value is -2.04. The molecule has 0 aliphatic heterocycles. The van der Waals surface area contributed by atoms with Crippen LogP contribution in [0.3, 0.4) is 0 Å². The number of carboxylic acid groups (broad SMARTS) is 1. The maximum Gasteiger partial charge on any atom is 0.303 e. The van der Waals surface area contributed by atoms with Gasteiger partial charge in [0.05, 0.1) is 0 Å². The van der Waals surface area contributed by atoms with Crippen molar-refractivity contribution in [1.82, 2.24) is 4.98 Å². The lowest BCUT2D eigenvalue weighted by atomic mass is 10.2. The highest BCUT2D eigenvalue weighted by Gasteiger charge is 2.07. The number of hydrogen-bond donors (Lipinski definition) is 1. The quantitative estimate of drug-likeness (QED) is 0.880. The first-order valence-corrected chi connectivity index (χ1v) is 5.86. The summed E-state index contributed by atoms with van der Waals surface area (Å²) >= 11 is 0. The van der Waals surface area contributed by atoms with E-state index in [1.807, 2.05) is 37.1 Å². The molecule has 0 aliphatic carbocycles. The fraction of sp³-hybridized carbons (Fsp3) is 0.385. The third-order valence-electron chi connectivity index (χ3n) is 2.80. The zero-order chi connectivity index (χ0) is 13.1. The number of carboxylic acids is 1. The molecule has 18 heavy (non-hydrogen) atoms. The molecule has 2 aromatic rings. The second-order valence-electron chi connectivity index (χ2n) is 4.30. The Bertz CT molecular complexity index is 562. The number of hydrogen-bond acceptors (Lipinski definition) is 4. The molecule has 1 heterocycles. The SMILES string of the molecule is Cc1nc2cc(N(C)CCCC(=O)O)ccc2o1. The van der Waals surface area contributed by atoms with Crippen molar-refractivity contribution < 1.29 is 14.3 Å². The Kier molecular flexibility index (Phi) is 3.50. The van der Waals surface area contributed by atoms with Crippen LogP contribution in [-0.4, -0.2) is 29.7 Å². The van der Waals surface area contributed by atoms with Gasteiger partial charge in [-0.1, -0.05) is 0 Å². The zero-order valence-corrected chi connectivity index (χ0v) is 10.5. The van der Waals surface area contributed by atoms with Gasteiger partial charge in [-0.05, 0) is 24.6 Å². The summed E-state index contributed by atoms with van der Waals surface area (Å²) in [5.41, 5.74) is 2.62. The minimum absolute atomic E-state index is 0.190. The van der Waals surface area contributed by atoms with Gasteiger partial charge >= 0.3 is 5.97 Å². The summed E-state index contributed by atoms with van der Waals surface area (Å²) in [6, 6.07) is 5.79. The highest BCUT2D eigenvalue weighted by atomic mass is 16.4. The fourth-order valence-electron chi connectivity index (χ4n) is 1.87. The van der Waals surface area contributed by atoms with Crippen LogP contribution in [0.25, 0.3) is 11.1 Å². The summed E-state index contributed by atoms with van der Waals surface area (Å²) < 4.78 is 5.41. The van der Waals surface area contributed by atoms with Crippen molar-refractivity contribution in [2.75, 3.05) is 18.5 Å². The monoisotopic (exact) mass is 248 g/mol. The van der Waals surface area contributed by atoms with Gasteiger partial charge in [0.15, 0.2) is 11.5 Å². The van der Waals surface area contributed by atoms with Crippen LogP contribution in [0.15, 0.2) is 22.6 Å². The summed E-state index contributed by atoms with van der Waals surface area (Å²) in [6.45, 7) is 2.52. The van der Waals surface area contributed by atoms with Crippen molar-refractivity contribution in [2.24, 2.45) is 0 Å². The van der Waals surface area contributed by atoms with Crippen LogP contribution in [0, 0.1) is 6.92 Å². The first-order valence-electron chi connectivity index (χ1n) is 5.86. The number of nitrogens with zero attached hydrogens (tertiary/aromatic N) is 2. The Morgan fingerprint density at radius 1 is 1.50 bits per heavy atom. The Morgan fingerprint density at radius 3 is 3.00 bits per heavy atom. The number of oxazole rings is 1. The third-order valence-corrected chi connectivity index (χ3v) is 2.80. The van der Waals surface area contributed by atoms with E-state index in [1.165, 1.54) is 0 Å². The van der Waals surface area contributed by atoms with E-state index in [0.29, 0.717) is 18.9 Å². The Labute approximate surface area is 105 Å². The zero-order valence-electron chi connectivity index (χ0n) is 10.5. The predicted octanol–water partition coefficient (Wildman–Crippen LogP) is 2.44. The van der Waals surface area contributed by atoms with Crippen molar-refractivity contribution in [1.29, 1.82) is 0 Å². The molecule has 0 unspecified atom stereocenters. The van der Waals surface area contributed by atoms with Crippen molar-refractivity contribution in [3.8, 4) is 0 Å². The predicted molar refractivity (Wildman–Crippen MR) is 68.9 cm³/mol. The number of aromatic nitrogens is 1. The minimum Gasteiger partial charge on any atom is -0.481 e. The Balaban J connectivity index is 2.07. The van der Waals surface area contributed by atoms with Gasteiger partial charge in [0.2, 0.25) is 0 Å². The fourth-order valence-corrected chi connectivity index (χ4v) is 1.87. The second-order valence-corrected chi connectivity index (χ2v) is 4.30. The molecule has 0 bridgehead atoms. The standard InChI is InChI=1S/C13H16N2O3/c1-9-14-11-8-10(5-6-12(11)18-9)15(2)7-3-4-13(16)17/h5-6,8H,3-4,7H2,1-2H3,(H,16,17). The molecule has 96 valence electrons. The average Bonchev–Trinajstić information content (AvgIpc) is 2.67. The number of carbonyl (C=O) groups is 1. The number of benzene rings is 1. The highest BCUT2D eigenvalue weighted by molar-refractivity contribution is 5.77. The highest BCUT2D eigenvalue weighted by Crippen LogP contribution is 2.22. The van der Waals surface area contributed by atoms with E-state index in [2.05, 4.69) is 4.98 Å². The van der Waals surface area contributed by atoms with Gasteiger partial charge < -0.3 is 14.4 Å². The molecule has 0 spiro atoms. The van der Waals surface area contributed by atoms with Crippen LogP contribution in [-0.2, 0) is 4.79 Å². The molecular weight excluding hydrogens is 232 g/mol. The molecule has 1 aromatic heterocycles. The lowest BCUT2D eigenvalue weighted by Gasteiger charge is -2.18. The summed E-state index contributed by atoms with van der Waals surface area (Å²) in [7, 11) is 1.94.